The molecule has 0 spiro atoms. The Morgan fingerprint density at radius 2 is 1.76 bits per heavy atom. The van der Waals surface area contributed by atoms with Crippen LogP contribution in [0.1, 0.15) is 71.5 Å². The minimum absolute atomic E-state index is 0.347. The van der Waals surface area contributed by atoms with Crippen LogP contribution in [-0.4, -0.2) is 23.1 Å². The molecule has 0 bridgehead atoms. The van der Waals surface area contributed by atoms with Crippen LogP contribution < -0.4 is 10.6 Å². The van der Waals surface area contributed by atoms with Gasteiger partial charge in [-0.25, -0.2) is 9.97 Å². The molecule has 2 N–H and O–H groups in total. The fraction of sp³-hybridized carbons (Fsp3) is 0.765. The summed E-state index contributed by atoms with van der Waals surface area (Å²) in [5, 5.41) is 6.93. The second-order valence-corrected chi connectivity index (χ2v) is 6.68. The highest BCUT2D eigenvalue weighted by Gasteiger charge is 2.41. The summed E-state index contributed by atoms with van der Waals surface area (Å²) in [7, 11) is 0. The van der Waals surface area contributed by atoms with E-state index >= 15 is 0 Å². The van der Waals surface area contributed by atoms with Crippen molar-refractivity contribution >= 4 is 11.6 Å². The summed E-state index contributed by atoms with van der Waals surface area (Å²) in [6.45, 7) is 10.7. The Kier molecular flexibility index (Phi) is 5.43. The molecule has 4 nitrogen and oxygen atoms in total. The van der Waals surface area contributed by atoms with Crippen LogP contribution in [-0.2, 0) is 0 Å². The quantitative estimate of drug-likeness (QED) is 0.707. The van der Waals surface area contributed by atoms with E-state index in [0.29, 0.717) is 11.3 Å². The Hall–Kier alpha value is -1.32. The number of rotatable bonds is 9. The Morgan fingerprint density at radius 3 is 2.29 bits per heavy atom. The number of nitrogens with zero attached hydrogens (tertiary/aromatic N) is 2. The molecule has 0 atom stereocenters. The highest BCUT2D eigenvalue weighted by atomic mass is 15.1. The third-order valence-electron chi connectivity index (χ3n) is 4.20. The summed E-state index contributed by atoms with van der Waals surface area (Å²) in [4.78, 5) is 9.27. The molecule has 0 aliphatic heterocycles. The molecule has 0 radical (unpaired) electrons. The van der Waals surface area contributed by atoms with Crippen molar-refractivity contribution in [1.29, 1.82) is 0 Å². The molecule has 21 heavy (non-hydrogen) atoms. The van der Waals surface area contributed by atoms with Gasteiger partial charge < -0.3 is 10.6 Å². The minimum atomic E-state index is 0.347. The molecular weight excluding hydrogens is 260 g/mol. The van der Waals surface area contributed by atoms with Gasteiger partial charge in [-0.05, 0) is 31.1 Å². The van der Waals surface area contributed by atoms with Crippen molar-refractivity contribution in [3.63, 3.8) is 0 Å². The normalized spacial score (nSPS) is 16.0. The average Bonchev–Trinajstić information content (AvgIpc) is 3.23. The van der Waals surface area contributed by atoms with E-state index in [1.54, 1.807) is 0 Å². The van der Waals surface area contributed by atoms with Gasteiger partial charge in [0.25, 0.3) is 0 Å². The number of hydrogen-bond donors (Lipinski definition) is 2. The smallest absolute Gasteiger partial charge is 0.135 e. The van der Waals surface area contributed by atoms with Crippen LogP contribution in [0.15, 0.2) is 6.07 Å². The van der Waals surface area contributed by atoms with Crippen LogP contribution in [0, 0.1) is 5.41 Å². The van der Waals surface area contributed by atoms with E-state index in [9.17, 15) is 0 Å². The van der Waals surface area contributed by atoms with Gasteiger partial charge >= 0.3 is 0 Å². The number of aromatic nitrogens is 2. The van der Waals surface area contributed by atoms with Gasteiger partial charge in [0.2, 0.25) is 0 Å². The summed E-state index contributed by atoms with van der Waals surface area (Å²) >= 11 is 0. The predicted molar refractivity (Wildman–Crippen MR) is 90.0 cm³/mol. The summed E-state index contributed by atoms with van der Waals surface area (Å²) in [6, 6.07) is 2.05. The van der Waals surface area contributed by atoms with Gasteiger partial charge in [0.1, 0.15) is 17.5 Å². The third-order valence-corrected chi connectivity index (χ3v) is 4.20. The molecule has 1 aliphatic carbocycles. The lowest BCUT2D eigenvalue weighted by Crippen LogP contribution is -2.17. The van der Waals surface area contributed by atoms with E-state index in [-0.39, 0.29) is 0 Å². The second-order valence-electron chi connectivity index (χ2n) is 6.68. The summed E-state index contributed by atoms with van der Waals surface area (Å²) < 4.78 is 0. The van der Waals surface area contributed by atoms with Gasteiger partial charge in [0.15, 0.2) is 0 Å². The fourth-order valence-electron chi connectivity index (χ4n) is 2.66. The third kappa shape index (κ3) is 4.58. The highest BCUT2D eigenvalue weighted by molar-refractivity contribution is 5.48. The van der Waals surface area contributed by atoms with Crippen molar-refractivity contribution in [2.24, 2.45) is 5.41 Å². The summed E-state index contributed by atoms with van der Waals surface area (Å²) in [5.74, 6) is 3.17. The van der Waals surface area contributed by atoms with E-state index in [1.807, 2.05) is 6.07 Å². The second kappa shape index (κ2) is 7.10. The Morgan fingerprint density at radius 1 is 1.10 bits per heavy atom. The van der Waals surface area contributed by atoms with Gasteiger partial charge in [-0.15, -0.1) is 0 Å². The maximum absolute atomic E-state index is 4.67. The van der Waals surface area contributed by atoms with E-state index in [2.05, 4.69) is 48.3 Å². The van der Waals surface area contributed by atoms with Crippen molar-refractivity contribution in [2.75, 3.05) is 23.7 Å². The van der Waals surface area contributed by atoms with E-state index in [4.69, 9.17) is 0 Å². The SMILES string of the molecule is CCCNc1cc(NCC2(CCC)CC2)nc(C(C)C)n1. The van der Waals surface area contributed by atoms with E-state index in [1.165, 1.54) is 25.7 Å². The average molecular weight is 290 g/mol. The molecule has 1 fully saturated rings. The number of hydrogen-bond acceptors (Lipinski definition) is 4. The zero-order chi connectivity index (χ0) is 15.3. The zero-order valence-electron chi connectivity index (χ0n) is 14.0. The molecule has 1 aromatic heterocycles. The van der Waals surface area contributed by atoms with Gasteiger partial charge in [0, 0.05) is 25.1 Å². The van der Waals surface area contributed by atoms with Crippen molar-refractivity contribution in [3.05, 3.63) is 11.9 Å². The fourth-order valence-corrected chi connectivity index (χ4v) is 2.66. The van der Waals surface area contributed by atoms with Gasteiger partial charge in [-0.2, -0.15) is 0 Å². The molecule has 1 aromatic rings. The van der Waals surface area contributed by atoms with E-state index in [0.717, 1.165) is 37.0 Å². The largest absolute Gasteiger partial charge is 0.370 e. The van der Waals surface area contributed by atoms with Crippen LogP contribution >= 0.6 is 0 Å². The van der Waals surface area contributed by atoms with Gasteiger partial charge in [-0.3, -0.25) is 0 Å². The minimum Gasteiger partial charge on any atom is -0.370 e. The predicted octanol–water partition coefficient (Wildman–Crippen LogP) is 4.41. The standard InChI is InChI=1S/C17H30N4/c1-5-7-17(8-9-17)12-19-15-11-14(18-10-6-2)20-16(21-15)13(3)4/h11,13H,5-10,12H2,1-4H3,(H2,18,19,20,21). The van der Waals surface area contributed by atoms with E-state index < -0.39 is 0 Å². The van der Waals surface area contributed by atoms with Crippen molar-refractivity contribution in [2.45, 2.75) is 65.7 Å². The topological polar surface area (TPSA) is 49.8 Å². The summed E-state index contributed by atoms with van der Waals surface area (Å²) in [6.07, 6.45) is 6.41. The van der Waals surface area contributed by atoms with Crippen LogP contribution in [0.5, 0.6) is 0 Å². The lowest BCUT2D eigenvalue weighted by atomic mass is 10.0. The van der Waals surface area contributed by atoms with Crippen LogP contribution in [0.3, 0.4) is 0 Å². The molecule has 0 aromatic carbocycles. The Labute approximate surface area is 129 Å². The Bertz CT molecular complexity index is 452. The van der Waals surface area contributed by atoms with Crippen molar-refractivity contribution < 1.29 is 0 Å². The molecular formula is C17H30N4. The number of anilines is 2. The lowest BCUT2D eigenvalue weighted by molar-refractivity contribution is 0.485. The molecule has 2 rings (SSSR count). The van der Waals surface area contributed by atoms with Gasteiger partial charge in [-0.1, -0.05) is 34.1 Å². The Balaban J connectivity index is 2.04. The maximum atomic E-state index is 4.67. The lowest BCUT2D eigenvalue weighted by Gasteiger charge is -2.17. The number of nitrogens with one attached hydrogen (secondary N) is 2. The molecule has 0 saturated heterocycles. The highest BCUT2D eigenvalue weighted by Crippen LogP contribution is 2.49. The van der Waals surface area contributed by atoms with Crippen LogP contribution in [0.2, 0.25) is 0 Å². The first-order chi connectivity index (χ1) is 10.1. The molecule has 1 heterocycles. The maximum Gasteiger partial charge on any atom is 0.135 e. The first kappa shape index (κ1) is 16.1. The molecule has 0 unspecified atom stereocenters. The molecule has 4 heteroatoms. The molecule has 0 amide bonds. The monoisotopic (exact) mass is 290 g/mol. The summed E-state index contributed by atoms with van der Waals surface area (Å²) in [5.41, 5.74) is 0.536. The van der Waals surface area contributed by atoms with Crippen LogP contribution in [0.4, 0.5) is 11.6 Å². The first-order valence-corrected chi connectivity index (χ1v) is 8.45. The van der Waals surface area contributed by atoms with Gasteiger partial charge in [0.05, 0.1) is 0 Å². The molecule has 1 saturated carbocycles. The first-order valence-electron chi connectivity index (χ1n) is 8.45. The zero-order valence-corrected chi connectivity index (χ0v) is 14.0. The molecule has 1 aliphatic rings. The van der Waals surface area contributed by atoms with Crippen molar-refractivity contribution in [3.8, 4) is 0 Å². The molecule has 118 valence electrons. The van der Waals surface area contributed by atoms with Crippen molar-refractivity contribution in [1.82, 2.24) is 9.97 Å². The van der Waals surface area contributed by atoms with Crippen LogP contribution in [0.25, 0.3) is 0 Å².